The van der Waals surface area contributed by atoms with E-state index in [9.17, 15) is 14.0 Å². The summed E-state index contributed by atoms with van der Waals surface area (Å²) in [5.74, 6) is -1.47. The predicted molar refractivity (Wildman–Crippen MR) is 73.7 cm³/mol. The number of halogens is 2. The van der Waals surface area contributed by atoms with Crippen LogP contribution in [0.1, 0.15) is 38.5 Å². The maximum absolute atomic E-state index is 13.2. The van der Waals surface area contributed by atoms with E-state index >= 15 is 0 Å². The van der Waals surface area contributed by atoms with Crippen molar-refractivity contribution < 1.29 is 13.5 Å². The van der Waals surface area contributed by atoms with E-state index in [1.807, 2.05) is 0 Å². The molecule has 112 valence electrons. The summed E-state index contributed by atoms with van der Waals surface area (Å²) in [5.41, 5.74) is -0.539. The Morgan fingerprint density at radius 2 is 2.05 bits per heavy atom. The molecule has 2 aliphatic rings. The Balaban J connectivity index is 1.67. The summed E-state index contributed by atoms with van der Waals surface area (Å²) in [6.07, 6.45) is 5.22. The topological polar surface area (TPSA) is 45.0 Å². The van der Waals surface area contributed by atoms with Crippen LogP contribution < -0.4 is 10.1 Å². The predicted octanol–water partition coefficient (Wildman–Crippen LogP) is 3.30. The maximum Gasteiger partial charge on any atom is 0.162 e. The lowest BCUT2D eigenvalue weighted by Gasteiger charge is -2.36. The number of ether oxygens (including phenoxy) is 1. The molecule has 1 aromatic rings. The molecule has 2 fully saturated rings. The normalized spacial score (nSPS) is 28.9. The fourth-order valence-corrected chi connectivity index (χ4v) is 2.95. The molecule has 3 rings (SSSR count). The Kier molecular flexibility index (Phi) is 3.81. The minimum atomic E-state index is -0.911. The third-order valence-corrected chi connectivity index (χ3v) is 4.17. The number of nitrogens with one attached hydrogen (secondary N) is 1. The molecule has 0 radical (unpaired) electrons. The van der Waals surface area contributed by atoms with Gasteiger partial charge in [-0.2, -0.15) is 5.26 Å². The van der Waals surface area contributed by atoms with Crippen molar-refractivity contribution in [2.24, 2.45) is 0 Å². The van der Waals surface area contributed by atoms with Crippen molar-refractivity contribution in [2.75, 3.05) is 0 Å². The molecule has 2 aliphatic carbocycles. The zero-order valence-corrected chi connectivity index (χ0v) is 11.7. The van der Waals surface area contributed by atoms with Gasteiger partial charge in [-0.05, 0) is 44.2 Å². The van der Waals surface area contributed by atoms with Crippen LogP contribution in [0.3, 0.4) is 0 Å². The SMILES string of the molecule is N#CC1(NC2CC2)CCCC(Oc2ccc(F)c(F)c2)C1. The van der Waals surface area contributed by atoms with Gasteiger partial charge in [0, 0.05) is 18.5 Å². The van der Waals surface area contributed by atoms with Crippen LogP contribution >= 0.6 is 0 Å². The molecule has 1 aromatic carbocycles. The van der Waals surface area contributed by atoms with Crippen LogP contribution in [-0.2, 0) is 0 Å². The first-order valence-corrected chi connectivity index (χ1v) is 7.41. The van der Waals surface area contributed by atoms with Gasteiger partial charge in [0.05, 0.1) is 6.07 Å². The first-order chi connectivity index (χ1) is 10.1. The van der Waals surface area contributed by atoms with Crippen LogP contribution in [-0.4, -0.2) is 17.7 Å². The second kappa shape index (κ2) is 5.61. The highest BCUT2D eigenvalue weighted by Gasteiger charge is 2.41. The van der Waals surface area contributed by atoms with Crippen molar-refractivity contribution in [1.29, 1.82) is 5.26 Å². The Morgan fingerprint density at radius 1 is 1.24 bits per heavy atom. The second-order valence-corrected chi connectivity index (χ2v) is 6.02. The third kappa shape index (κ3) is 3.33. The quantitative estimate of drug-likeness (QED) is 0.926. The van der Waals surface area contributed by atoms with Crippen LogP contribution in [0.5, 0.6) is 5.75 Å². The van der Waals surface area contributed by atoms with Crippen LogP contribution in [0.15, 0.2) is 18.2 Å². The van der Waals surface area contributed by atoms with E-state index in [0.29, 0.717) is 18.2 Å². The standard InChI is InChI=1S/C16H18F2N2O/c17-14-6-5-12(8-15(14)18)21-13-2-1-7-16(9-13,10-19)20-11-3-4-11/h5-6,8,11,13,20H,1-4,7,9H2. The highest BCUT2D eigenvalue weighted by atomic mass is 19.2. The van der Waals surface area contributed by atoms with Gasteiger partial charge < -0.3 is 4.74 Å². The number of rotatable bonds is 4. The Morgan fingerprint density at radius 3 is 2.71 bits per heavy atom. The molecule has 0 bridgehead atoms. The number of nitrogens with zero attached hydrogens (tertiary/aromatic N) is 1. The smallest absolute Gasteiger partial charge is 0.162 e. The highest BCUT2D eigenvalue weighted by molar-refractivity contribution is 5.24. The average molecular weight is 292 g/mol. The van der Waals surface area contributed by atoms with E-state index < -0.39 is 17.2 Å². The molecule has 0 aromatic heterocycles. The van der Waals surface area contributed by atoms with Gasteiger partial charge in [-0.1, -0.05) is 0 Å². The lowest BCUT2D eigenvalue weighted by molar-refractivity contribution is 0.111. The molecule has 2 atom stereocenters. The number of benzene rings is 1. The van der Waals surface area contributed by atoms with Gasteiger partial charge in [0.15, 0.2) is 11.6 Å². The first-order valence-electron chi connectivity index (χ1n) is 7.41. The van der Waals surface area contributed by atoms with Crippen molar-refractivity contribution in [3.05, 3.63) is 29.8 Å². The molecule has 0 heterocycles. The molecule has 0 aliphatic heterocycles. The molecule has 0 amide bonds. The largest absolute Gasteiger partial charge is 0.490 e. The maximum atomic E-state index is 13.2. The summed E-state index contributed by atoms with van der Waals surface area (Å²) in [4.78, 5) is 0. The molecular weight excluding hydrogens is 274 g/mol. The van der Waals surface area contributed by atoms with E-state index in [4.69, 9.17) is 4.74 Å². The van der Waals surface area contributed by atoms with E-state index in [1.54, 1.807) is 0 Å². The monoisotopic (exact) mass is 292 g/mol. The molecular formula is C16H18F2N2O. The molecule has 0 spiro atoms. The van der Waals surface area contributed by atoms with Crippen LogP contribution in [0.2, 0.25) is 0 Å². The Labute approximate surface area is 122 Å². The van der Waals surface area contributed by atoms with Crippen LogP contribution in [0.4, 0.5) is 8.78 Å². The second-order valence-electron chi connectivity index (χ2n) is 6.02. The first kappa shape index (κ1) is 14.3. The Bertz CT molecular complexity index is 568. The van der Waals surface area contributed by atoms with Crippen LogP contribution in [0, 0.1) is 23.0 Å². The summed E-state index contributed by atoms with van der Waals surface area (Å²) in [6.45, 7) is 0. The van der Waals surface area contributed by atoms with Gasteiger partial charge in [0.2, 0.25) is 0 Å². The highest BCUT2D eigenvalue weighted by Crippen LogP contribution is 2.34. The summed E-state index contributed by atoms with van der Waals surface area (Å²) in [7, 11) is 0. The molecule has 2 saturated carbocycles. The van der Waals surface area contributed by atoms with Crippen LogP contribution in [0.25, 0.3) is 0 Å². The summed E-state index contributed by atoms with van der Waals surface area (Å²) < 4.78 is 31.9. The van der Waals surface area contributed by atoms with Gasteiger partial charge >= 0.3 is 0 Å². The van der Waals surface area contributed by atoms with E-state index in [0.717, 1.165) is 44.2 Å². The minimum Gasteiger partial charge on any atom is -0.490 e. The fourth-order valence-electron chi connectivity index (χ4n) is 2.95. The molecule has 21 heavy (non-hydrogen) atoms. The van der Waals surface area contributed by atoms with Gasteiger partial charge in [-0.3, -0.25) is 5.32 Å². The molecule has 5 heteroatoms. The van der Waals surface area contributed by atoms with E-state index in [1.165, 1.54) is 6.07 Å². The van der Waals surface area contributed by atoms with Gasteiger partial charge in [0.1, 0.15) is 17.4 Å². The average Bonchev–Trinajstić information content (AvgIpc) is 3.27. The zero-order valence-electron chi connectivity index (χ0n) is 11.7. The third-order valence-electron chi connectivity index (χ3n) is 4.17. The van der Waals surface area contributed by atoms with Crippen molar-refractivity contribution in [3.8, 4) is 11.8 Å². The zero-order chi connectivity index (χ0) is 14.9. The van der Waals surface area contributed by atoms with E-state index in [2.05, 4.69) is 11.4 Å². The summed E-state index contributed by atoms with van der Waals surface area (Å²) >= 11 is 0. The molecule has 3 nitrogen and oxygen atoms in total. The van der Waals surface area contributed by atoms with Gasteiger partial charge in [-0.25, -0.2) is 8.78 Å². The fraction of sp³-hybridized carbons (Fsp3) is 0.562. The minimum absolute atomic E-state index is 0.144. The van der Waals surface area contributed by atoms with Crippen molar-refractivity contribution in [3.63, 3.8) is 0 Å². The number of hydrogen-bond acceptors (Lipinski definition) is 3. The molecule has 2 unspecified atom stereocenters. The van der Waals surface area contributed by atoms with E-state index in [-0.39, 0.29) is 6.10 Å². The lowest BCUT2D eigenvalue weighted by atomic mass is 9.81. The van der Waals surface area contributed by atoms with Gasteiger partial charge in [0.25, 0.3) is 0 Å². The van der Waals surface area contributed by atoms with Crippen molar-refractivity contribution in [2.45, 2.75) is 56.2 Å². The summed E-state index contributed by atoms with van der Waals surface area (Å²) in [5, 5.41) is 12.9. The van der Waals surface area contributed by atoms with Crippen molar-refractivity contribution in [1.82, 2.24) is 5.32 Å². The number of nitriles is 1. The summed E-state index contributed by atoms with van der Waals surface area (Å²) in [6, 6.07) is 6.40. The molecule has 0 saturated heterocycles. The lowest BCUT2D eigenvalue weighted by Crippen LogP contribution is -2.50. The Hall–Kier alpha value is -1.67. The number of hydrogen-bond donors (Lipinski definition) is 1. The van der Waals surface area contributed by atoms with Gasteiger partial charge in [-0.15, -0.1) is 0 Å². The molecule has 1 N–H and O–H groups in total. The van der Waals surface area contributed by atoms with Crippen molar-refractivity contribution >= 4 is 0 Å².